The van der Waals surface area contributed by atoms with Crippen LogP contribution in [0.15, 0.2) is 54.7 Å². The highest BCUT2D eigenvalue weighted by Crippen LogP contribution is 2.19. The van der Waals surface area contributed by atoms with E-state index in [-0.39, 0.29) is 29.7 Å². The number of benzene rings is 2. The van der Waals surface area contributed by atoms with Gasteiger partial charge in [0.25, 0.3) is 5.91 Å². The van der Waals surface area contributed by atoms with Gasteiger partial charge in [-0.1, -0.05) is 0 Å². The molecule has 3 rings (SSSR count). The Kier molecular flexibility index (Phi) is 5.16. The van der Waals surface area contributed by atoms with Gasteiger partial charge in [-0.2, -0.15) is 5.10 Å². The molecule has 7 nitrogen and oxygen atoms in total. The van der Waals surface area contributed by atoms with Crippen LogP contribution >= 0.6 is 0 Å². The lowest BCUT2D eigenvalue weighted by Gasteiger charge is -2.08. The molecule has 0 atom stereocenters. The lowest BCUT2D eigenvalue weighted by Crippen LogP contribution is -2.12. The third-order valence-electron chi connectivity index (χ3n) is 3.78. The molecule has 0 fully saturated rings. The Labute approximate surface area is 154 Å². The first kappa shape index (κ1) is 18.1. The number of ether oxygens (including phenoxy) is 1. The number of amides is 1. The van der Waals surface area contributed by atoms with Crippen molar-refractivity contribution in [3.63, 3.8) is 0 Å². The maximum absolute atomic E-state index is 12.9. The number of esters is 1. The van der Waals surface area contributed by atoms with Crippen molar-refractivity contribution < 1.29 is 18.7 Å². The average Bonchev–Trinajstić information content (AvgIpc) is 3.05. The molecule has 27 heavy (non-hydrogen) atoms. The van der Waals surface area contributed by atoms with Crippen LogP contribution in [-0.2, 0) is 4.74 Å². The molecule has 1 aromatic heterocycles. The molecule has 0 radical (unpaired) electrons. The third-order valence-corrected chi connectivity index (χ3v) is 3.78. The van der Waals surface area contributed by atoms with E-state index in [1.807, 2.05) is 0 Å². The maximum atomic E-state index is 12.9. The fourth-order valence-electron chi connectivity index (χ4n) is 2.42. The van der Waals surface area contributed by atoms with Crippen molar-refractivity contribution in [2.45, 2.75) is 6.92 Å². The van der Waals surface area contributed by atoms with Crippen LogP contribution in [0.1, 0.15) is 27.6 Å². The van der Waals surface area contributed by atoms with Crippen LogP contribution in [-0.4, -0.2) is 28.3 Å². The van der Waals surface area contributed by atoms with Crippen molar-refractivity contribution in [2.75, 3.05) is 17.7 Å². The number of hydrogen-bond acceptors (Lipinski definition) is 5. The number of aromatic nitrogens is 2. The van der Waals surface area contributed by atoms with Gasteiger partial charge in [0.2, 0.25) is 0 Å². The predicted molar refractivity (Wildman–Crippen MR) is 98.3 cm³/mol. The van der Waals surface area contributed by atoms with Crippen LogP contribution in [0.3, 0.4) is 0 Å². The van der Waals surface area contributed by atoms with Crippen LogP contribution in [0.5, 0.6) is 0 Å². The lowest BCUT2D eigenvalue weighted by molar-refractivity contribution is 0.0527. The molecule has 3 aromatic rings. The minimum absolute atomic E-state index is 0.150. The molecular formula is C19H17FN4O3. The number of rotatable bonds is 5. The smallest absolute Gasteiger partial charge is 0.343 e. The molecule has 2 aromatic carbocycles. The summed E-state index contributed by atoms with van der Waals surface area (Å²) in [6.07, 6.45) is 1.34. The van der Waals surface area contributed by atoms with Crippen LogP contribution in [0.4, 0.5) is 15.9 Å². The molecule has 0 unspecified atom stereocenters. The first-order valence-corrected chi connectivity index (χ1v) is 8.17. The Hall–Kier alpha value is -3.68. The molecule has 0 aliphatic rings. The van der Waals surface area contributed by atoms with Crippen molar-refractivity contribution in [2.24, 2.45) is 0 Å². The molecule has 0 aliphatic heterocycles. The monoisotopic (exact) mass is 368 g/mol. The van der Waals surface area contributed by atoms with E-state index in [9.17, 15) is 14.0 Å². The van der Waals surface area contributed by atoms with E-state index in [1.165, 1.54) is 35.1 Å². The number of carbonyl (C=O) groups excluding carboxylic acids is 2. The van der Waals surface area contributed by atoms with E-state index in [0.717, 1.165) is 0 Å². The lowest BCUT2D eigenvalue weighted by atomic mass is 10.2. The Balaban J connectivity index is 1.76. The number of hydrogen-bond donors (Lipinski definition) is 2. The van der Waals surface area contributed by atoms with E-state index in [2.05, 4.69) is 10.4 Å². The van der Waals surface area contributed by atoms with E-state index in [0.29, 0.717) is 16.9 Å². The zero-order valence-electron chi connectivity index (χ0n) is 14.5. The molecule has 0 bridgehead atoms. The molecule has 3 N–H and O–H groups in total. The number of anilines is 2. The van der Waals surface area contributed by atoms with E-state index in [4.69, 9.17) is 10.5 Å². The zero-order chi connectivity index (χ0) is 19.4. The molecule has 1 heterocycles. The number of nitrogens with zero attached hydrogens (tertiary/aromatic N) is 2. The summed E-state index contributed by atoms with van der Waals surface area (Å²) in [5.74, 6) is -1.11. The quantitative estimate of drug-likeness (QED) is 0.675. The Morgan fingerprint density at radius 1 is 1.15 bits per heavy atom. The van der Waals surface area contributed by atoms with Crippen LogP contribution in [0.25, 0.3) is 5.69 Å². The van der Waals surface area contributed by atoms with Crippen LogP contribution in [0, 0.1) is 5.82 Å². The van der Waals surface area contributed by atoms with E-state index >= 15 is 0 Å². The van der Waals surface area contributed by atoms with Crippen molar-refractivity contribution in [1.29, 1.82) is 0 Å². The minimum Gasteiger partial charge on any atom is -0.462 e. The second kappa shape index (κ2) is 7.69. The Bertz CT molecular complexity index is 966. The number of nitrogen functional groups attached to an aromatic ring is 1. The van der Waals surface area contributed by atoms with Crippen molar-refractivity contribution in [1.82, 2.24) is 9.78 Å². The fraction of sp³-hybridized carbons (Fsp3) is 0.105. The highest BCUT2D eigenvalue weighted by molar-refractivity contribution is 6.04. The van der Waals surface area contributed by atoms with Gasteiger partial charge in [-0.05, 0) is 55.5 Å². The summed E-state index contributed by atoms with van der Waals surface area (Å²) < 4.78 is 19.2. The van der Waals surface area contributed by atoms with Gasteiger partial charge in [-0.15, -0.1) is 0 Å². The molecule has 138 valence electrons. The summed E-state index contributed by atoms with van der Waals surface area (Å²) in [5.41, 5.74) is 7.62. The summed E-state index contributed by atoms with van der Waals surface area (Å²) >= 11 is 0. The summed E-state index contributed by atoms with van der Waals surface area (Å²) in [6, 6.07) is 12.0. The van der Waals surface area contributed by atoms with Crippen molar-refractivity contribution in [3.05, 3.63) is 71.7 Å². The summed E-state index contributed by atoms with van der Waals surface area (Å²) in [6.45, 7) is 1.94. The molecule has 0 spiro atoms. The number of nitrogens with two attached hydrogens (primary N) is 1. The second-order valence-corrected chi connectivity index (χ2v) is 5.58. The van der Waals surface area contributed by atoms with E-state index in [1.54, 1.807) is 31.2 Å². The van der Waals surface area contributed by atoms with Gasteiger partial charge < -0.3 is 15.8 Å². The summed E-state index contributed by atoms with van der Waals surface area (Å²) in [4.78, 5) is 24.1. The fourth-order valence-corrected chi connectivity index (χ4v) is 2.42. The second-order valence-electron chi connectivity index (χ2n) is 5.58. The highest BCUT2D eigenvalue weighted by atomic mass is 19.1. The molecule has 8 heteroatoms. The van der Waals surface area contributed by atoms with Gasteiger partial charge in [-0.3, -0.25) is 4.79 Å². The van der Waals surface area contributed by atoms with Gasteiger partial charge >= 0.3 is 5.97 Å². The summed E-state index contributed by atoms with van der Waals surface area (Å²) in [7, 11) is 0. The number of nitrogens with one attached hydrogen (secondary N) is 1. The van der Waals surface area contributed by atoms with E-state index < -0.39 is 5.97 Å². The highest BCUT2D eigenvalue weighted by Gasteiger charge is 2.17. The van der Waals surface area contributed by atoms with Crippen molar-refractivity contribution >= 4 is 23.4 Å². The van der Waals surface area contributed by atoms with Gasteiger partial charge in [0.15, 0.2) is 0 Å². The standard InChI is InChI=1S/C19H17FN4O3/c1-2-27-19(26)16-11-22-24(17(16)21)15-9-3-12(4-10-15)18(25)23-14-7-5-13(20)6-8-14/h3-11H,2,21H2,1H3,(H,23,25). The van der Waals surface area contributed by atoms with Gasteiger partial charge in [0.05, 0.1) is 18.5 Å². The first-order valence-electron chi connectivity index (χ1n) is 8.17. The molecule has 0 saturated heterocycles. The molecular weight excluding hydrogens is 351 g/mol. The SMILES string of the molecule is CCOC(=O)c1cnn(-c2ccc(C(=O)Nc3ccc(F)cc3)cc2)c1N. The number of halogens is 1. The summed E-state index contributed by atoms with van der Waals surface area (Å²) in [5, 5.41) is 6.77. The predicted octanol–water partition coefficient (Wildman–Crippen LogP) is 3.02. The van der Waals surface area contributed by atoms with Gasteiger partial charge in [-0.25, -0.2) is 13.9 Å². The largest absolute Gasteiger partial charge is 0.462 e. The zero-order valence-corrected chi connectivity index (χ0v) is 14.5. The third kappa shape index (κ3) is 3.95. The average molecular weight is 368 g/mol. The topological polar surface area (TPSA) is 99.2 Å². The van der Waals surface area contributed by atoms with Gasteiger partial charge in [0.1, 0.15) is 17.2 Å². The molecule has 1 amide bonds. The van der Waals surface area contributed by atoms with Gasteiger partial charge in [0, 0.05) is 11.3 Å². The van der Waals surface area contributed by atoms with Crippen molar-refractivity contribution in [3.8, 4) is 5.69 Å². The Morgan fingerprint density at radius 3 is 2.44 bits per heavy atom. The van der Waals surface area contributed by atoms with Crippen LogP contribution in [0.2, 0.25) is 0 Å². The Morgan fingerprint density at radius 2 is 1.81 bits per heavy atom. The minimum atomic E-state index is -0.545. The maximum Gasteiger partial charge on any atom is 0.343 e. The first-order chi connectivity index (χ1) is 13.0. The number of carbonyl (C=O) groups is 2. The van der Waals surface area contributed by atoms with Crippen LogP contribution < -0.4 is 11.1 Å². The molecule has 0 saturated carbocycles. The molecule has 0 aliphatic carbocycles. The normalized spacial score (nSPS) is 10.4.